The van der Waals surface area contributed by atoms with Gasteiger partial charge >= 0.3 is 0 Å². The van der Waals surface area contributed by atoms with Crippen LogP contribution in [0.1, 0.15) is 22.1 Å². The zero-order chi connectivity index (χ0) is 7.56. The number of alkyl halides is 1. The molecule has 1 rings (SSSR count). The van der Waals surface area contributed by atoms with Crippen molar-refractivity contribution in [1.29, 1.82) is 0 Å². The van der Waals surface area contributed by atoms with Crippen LogP contribution >= 0.6 is 22.6 Å². The molecule has 0 radical (unpaired) electrons. The SMILES string of the molecule is Cc1ccc(C(C)I)cn1. The van der Waals surface area contributed by atoms with Crippen molar-refractivity contribution in [2.75, 3.05) is 0 Å². The highest BCUT2D eigenvalue weighted by atomic mass is 127. The lowest BCUT2D eigenvalue weighted by Crippen LogP contribution is -1.86. The molecular formula is C8H10IN. The fourth-order valence-electron chi connectivity index (χ4n) is 0.715. The Hall–Kier alpha value is -0.120. The third-order valence-electron chi connectivity index (χ3n) is 1.39. The van der Waals surface area contributed by atoms with E-state index in [1.54, 1.807) is 0 Å². The Balaban J connectivity index is 2.89. The summed E-state index contributed by atoms with van der Waals surface area (Å²) in [6.45, 7) is 4.16. The maximum Gasteiger partial charge on any atom is 0.0372 e. The van der Waals surface area contributed by atoms with Crippen molar-refractivity contribution in [3.8, 4) is 0 Å². The lowest BCUT2D eigenvalue weighted by atomic mass is 10.2. The minimum Gasteiger partial charge on any atom is -0.261 e. The van der Waals surface area contributed by atoms with E-state index in [0.717, 1.165) is 5.69 Å². The van der Waals surface area contributed by atoms with Gasteiger partial charge in [0, 0.05) is 15.8 Å². The van der Waals surface area contributed by atoms with Gasteiger partial charge < -0.3 is 0 Å². The molecule has 2 heteroatoms. The van der Waals surface area contributed by atoms with Crippen molar-refractivity contribution >= 4 is 22.6 Å². The molecule has 0 aromatic carbocycles. The topological polar surface area (TPSA) is 12.9 Å². The molecule has 54 valence electrons. The van der Waals surface area contributed by atoms with E-state index in [2.05, 4.69) is 40.6 Å². The molecule has 0 saturated carbocycles. The fraction of sp³-hybridized carbons (Fsp3) is 0.375. The number of aromatic nitrogens is 1. The van der Waals surface area contributed by atoms with Gasteiger partial charge in [0.05, 0.1) is 0 Å². The molecule has 0 spiro atoms. The predicted molar refractivity (Wildman–Crippen MR) is 51.4 cm³/mol. The quantitative estimate of drug-likeness (QED) is 0.549. The molecule has 1 aromatic heterocycles. The van der Waals surface area contributed by atoms with E-state index < -0.39 is 0 Å². The summed E-state index contributed by atoms with van der Waals surface area (Å²) in [5.74, 6) is 0. The Bertz CT molecular complexity index is 203. The normalized spacial score (nSPS) is 13.1. The van der Waals surface area contributed by atoms with Crippen molar-refractivity contribution < 1.29 is 0 Å². The second-order valence-corrected chi connectivity index (χ2v) is 4.22. The van der Waals surface area contributed by atoms with Gasteiger partial charge in [0.25, 0.3) is 0 Å². The molecule has 1 aromatic rings. The summed E-state index contributed by atoms with van der Waals surface area (Å²) in [4.78, 5) is 4.20. The standard InChI is InChI=1S/C8H10IN/c1-6-3-4-8(5-10-6)7(2)9/h3-5,7H,1-2H3. The zero-order valence-corrected chi connectivity index (χ0v) is 8.29. The molecule has 0 aliphatic carbocycles. The molecule has 0 bridgehead atoms. The second kappa shape index (κ2) is 3.32. The summed E-state index contributed by atoms with van der Waals surface area (Å²) < 4.78 is 0.561. The summed E-state index contributed by atoms with van der Waals surface area (Å²) in [7, 11) is 0. The smallest absolute Gasteiger partial charge is 0.0372 e. The van der Waals surface area contributed by atoms with Crippen LogP contribution in [0.15, 0.2) is 18.3 Å². The highest BCUT2D eigenvalue weighted by Gasteiger charge is 1.98. The maximum atomic E-state index is 4.20. The van der Waals surface area contributed by atoms with Crippen molar-refractivity contribution in [2.24, 2.45) is 0 Å². The molecule has 1 heterocycles. The summed E-state index contributed by atoms with van der Waals surface area (Å²) in [5.41, 5.74) is 2.38. The van der Waals surface area contributed by atoms with Gasteiger partial charge in [0.1, 0.15) is 0 Å². The lowest BCUT2D eigenvalue weighted by Gasteiger charge is -2.01. The molecule has 10 heavy (non-hydrogen) atoms. The van der Waals surface area contributed by atoms with Crippen LogP contribution < -0.4 is 0 Å². The van der Waals surface area contributed by atoms with Gasteiger partial charge in [-0.1, -0.05) is 28.7 Å². The largest absolute Gasteiger partial charge is 0.261 e. The van der Waals surface area contributed by atoms with E-state index >= 15 is 0 Å². The monoisotopic (exact) mass is 247 g/mol. The first-order valence-electron chi connectivity index (χ1n) is 3.27. The Morgan fingerprint density at radius 1 is 1.50 bits per heavy atom. The van der Waals surface area contributed by atoms with Gasteiger partial charge in [-0.15, -0.1) is 0 Å². The highest BCUT2D eigenvalue weighted by molar-refractivity contribution is 14.1. The summed E-state index contributed by atoms with van der Waals surface area (Å²) >= 11 is 2.38. The Kier molecular flexibility index (Phi) is 2.65. The Morgan fingerprint density at radius 3 is 2.60 bits per heavy atom. The minimum absolute atomic E-state index is 0.561. The first kappa shape index (κ1) is 7.98. The second-order valence-electron chi connectivity index (χ2n) is 2.35. The van der Waals surface area contributed by atoms with Crippen LogP contribution in [0.5, 0.6) is 0 Å². The van der Waals surface area contributed by atoms with Crippen LogP contribution in [-0.2, 0) is 0 Å². The van der Waals surface area contributed by atoms with E-state index in [9.17, 15) is 0 Å². The van der Waals surface area contributed by atoms with Crippen LogP contribution in [-0.4, -0.2) is 4.98 Å². The molecule has 0 amide bonds. The highest BCUT2D eigenvalue weighted by Crippen LogP contribution is 2.20. The molecule has 1 atom stereocenters. The van der Waals surface area contributed by atoms with Crippen molar-refractivity contribution in [3.63, 3.8) is 0 Å². The molecule has 0 aliphatic rings. The van der Waals surface area contributed by atoms with Crippen molar-refractivity contribution in [1.82, 2.24) is 4.98 Å². The fourth-order valence-corrected chi connectivity index (χ4v) is 1.08. The first-order valence-corrected chi connectivity index (χ1v) is 4.51. The number of nitrogens with zero attached hydrogens (tertiary/aromatic N) is 1. The molecule has 0 saturated heterocycles. The minimum atomic E-state index is 0.561. The van der Waals surface area contributed by atoms with E-state index in [1.807, 2.05) is 19.2 Å². The van der Waals surface area contributed by atoms with Gasteiger partial charge in [-0.05, 0) is 25.5 Å². The predicted octanol–water partition coefficient (Wildman–Crippen LogP) is 2.89. The molecule has 0 N–H and O–H groups in total. The molecule has 0 aliphatic heterocycles. The van der Waals surface area contributed by atoms with Gasteiger partial charge in [-0.2, -0.15) is 0 Å². The van der Waals surface area contributed by atoms with Gasteiger partial charge in [-0.3, -0.25) is 4.98 Å². The van der Waals surface area contributed by atoms with Crippen LogP contribution in [0.25, 0.3) is 0 Å². The average molecular weight is 247 g/mol. The number of hydrogen-bond acceptors (Lipinski definition) is 1. The van der Waals surface area contributed by atoms with Crippen LogP contribution in [0.3, 0.4) is 0 Å². The third kappa shape index (κ3) is 1.94. The average Bonchev–Trinajstić information content (AvgIpc) is 1.88. The number of rotatable bonds is 1. The lowest BCUT2D eigenvalue weighted by molar-refractivity contribution is 1.08. The summed E-state index contributed by atoms with van der Waals surface area (Å²) in [6.07, 6.45) is 1.94. The summed E-state index contributed by atoms with van der Waals surface area (Å²) in [6, 6.07) is 4.17. The molecule has 1 nitrogen and oxygen atoms in total. The number of aryl methyl sites for hydroxylation is 1. The number of pyridine rings is 1. The first-order chi connectivity index (χ1) is 4.70. The van der Waals surface area contributed by atoms with Gasteiger partial charge in [0.2, 0.25) is 0 Å². The van der Waals surface area contributed by atoms with E-state index in [-0.39, 0.29) is 0 Å². The van der Waals surface area contributed by atoms with Gasteiger partial charge in [0.15, 0.2) is 0 Å². The van der Waals surface area contributed by atoms with Crippen LogP contribution in [0, 0.1) is 6.92 Å². The third-order valence-corrected chi connectivity index (χ3v) is 2.11. The zero-order valence-electron chi connectivity index (χ0n) is 6.13. The Labute approximate surface area is 75.0 Å². The maximum absolute atomic E-state index is 4.20. The molecule has 0 fully saturated rings. The molecule has 1 unspecified atom stereocenters. The number of halogens is 1. The Morgan fingerprint density at radius 2 is 2.20 bits per heavy atom. The van der Waals surface area contributed by atoms with Crippen molar-refractivity contribution in [2.45, 2.75) is 17.8 Å². The van der Waals surface area contributed by atoms with E-state index in [4.69, 9.17) is 0 Å². The van der Waals surface area contributed by atoms with Gasteiger partial charge in [-0.25, -0.2) is 0 Å². The van der Waals surface area contributed by atoms with Crippen LogP contribution in [0.4, 0.5) is 0 Å². The molecular weight excluding hydrogens is 237 g/mol. The summed E-state index contributed by atoms with van der Waals surface area (Å²) in [5, 5.41) is 0. The number of hydrogen-bond donors (Lipinski definition) is 0. The van der Waals surface area contributed by atoms with E-state index in [0.29, 0.717) is 3.92 Å². The van der Waals surface area contributed by atoms with E-state index in [1.165, 1.54) is 5.56 Å². The van der Waals surface area contributed by atoms with Crippen LogP contribution in [0.2, 0.25) is 0 Å². The van der Waals surface area contributed by atoms with Crippen molar-refractivity contribution in [3.05, 3.63) is 29.6 Å².